The molecule has 1 fully saturated rings. The number of morpholine rings is 1. The third-order valence-electron chi connectivity index (χ3n) is 2.77. The number of hydrogen-bond donors (Lipinski definition) is 3. The molecule has 0 saturated carbocycles. The molecular weight excluding hydrogens is 268 g/mol. The van der Waals surface area contributed by atoms with Crippen molar-refractivity contribution in [2.45, 2.75) is 0 Å². The molecule has 4 N–H and O–H groups in total. The fourth-order valence-electron chi connectivity index (χ4n) is 1.81. The summed E-state index contributed by atoms with van der Waals surface area (Å²) in [7, 11) is 0. The summed E-state index contributed by atoms with van der Waals surface area (Å²) in [5, 5.41) is 11.3. The first-order valence-electron chi connectivity index (χ1n) is 6.32. The lowest BCUT2D eigenvalue weighted by Gasteiger charge is -2.27. The third-order valence-corrected chi connectivity index (χ3v) is 2.77. The molecule has 0 unspecified atom stereocenters. The highest BCUT2D eigenvalue weighted by atomic mass is 16.5. The minimum absolute atomic E-state index is 0.369. The molecule has 3 amide bonds. The molecule has 0 aromatic carbocycles. The lowest BCUT2D eigenvalue weighted by atomic mass is 10.4. The molecule has 1 rings (SSSR count). The minimum atomic E-state index is -1.20. The normalized spacial score (nSPS) is 15.6. The van der Waals surface area contributed by atoms with Crippen molar-refractivity contribution in [3.05, 3.63) is 0 Å². The summed E-state index contributed by atoms with van der Waals surface area (Å²) < 4.78 is 5.20. The maximum Gasteiger partial charge on any atom is 0.323 e. The van der Waals surface area contributed by atoms with Crippen molar-refractivity contribution >= 4 is 17.9 Å². The summed E-state index contributed by atoms with van der Waals surface area (Å²) in [5.74, 6) is -1.95. The van der Waals surface area contributed by atoms with Gasteiger partial charge in [-0.25, -0.2) is 4.79 Å². The number of rotatable bonds is 7. The number of nitrogens with one attached hydrogen (secondary N) is 1. The van der Waals surface area contributed by atoms with E-state index in [1.165, 1.54) is 0 Å². The van der Waals surface area contributed by atoms with E-state index in [9.17, 15) is 14.4 Å². The van der Waals surface area contributed by atoms with Crippen LogP contribution >= 0.6 is 0 Å². The van der Waals surface area contributed by atoms with E-state index in [0.29, 0.717) is 26.3 Å². The average Bonchev–Trinajstić information content (AvgIpc) is 2.38. The molecule has 114 valence electrons. The van der Waals surface area contributed by atoms with Crippen LogP contribution in [-0.4, -0.2) is 85.3 Å². The van der Waals surface area contributed by atoms with Crippen molar-refractivity contribution in [3.8, 4) is 0 Å². The smallest absolute Gasteiger partial charge is 0.323 e. The number of primary amides is 1. The number of nitrogens with zero attached hydrogens (tertiary/aromatic N) is 2. The van der Waals surface area contributed by atoms with Crippen molar-refractivity contribution in [1.82, 2.24) is 15.1 Å². The third kappa shape index (κ3) is 6.34. The van der Waals surface area contributed by atoms with Gasteiger partial charge in [-0.15, -0.1) is 0 Å². The molecule has 20 heavy (non-hydrogen) atoms. The van der Waals surface area contributed by atoms with Gasteiger partial charge in [0.1, 0.15) is 13.1 Å². The van der Waals surface area contributed by atoms with Gasteiger partial charge in [0.2, 0.25) is 5.91 Å². The van der Waals surface area contributed by atoms with E-state index in [4.69, 9.17) is 15.6 Å². The Hall–Kier alpha value is -1.87. The Labute approximate surface area is 116 Å². The lowest BCUT2D eigenvalue weighted by Crippen LogP contribution is -2.48. The molecular formula is C11H20N4O5. The molecule has 0 aromatic rings. The Bertz CT molecular complexity index is 341. The zero-order valence-corrected chi connectivity index (χ0v) is 11.2. The minimum Gasteiger partial charge on any atom is -0.480 e. The maximum atomic E-state index is 11.8. The van der Waals surface area contributed by atoms with Crippen molar-refractivity contribution < 1.29 is 24.2 Å². The first kappa shape index (κ1) is 16.2. The van der Waals surface area contributed by atoms with Gasteiger partial charge in [-0.3, -0.25) is 14.5 Å². The molecule has 9 nitrogen and oxygen atoms in total. The maximum absolute atomic E-state index is 11.8. The Morgan fingerprint density at radius 2 is 1.90 bits per heavy atom. The first-order valence-corrected chi connectivity index (χ1v) is 6.32. The van der Waals surface area contributed by atoms with Gasteiger partial charge >= 0.3 is 12.0 Å². The van der Waals surface area contributed by atoms with Gasteiger partial charge in [-0.2, -0.15) is 0 Å². The highest BCUT2D eigenvalue weighted by Crippen LogP contribution is 1.95. The summed E-state index contributed by atoms with van der Waals surface area (Å²) in [6.45, 7) is 2.97. The summed E-state index contributed by atoms with van der Waals surface area (Å²) in [4.78, 5) is 36.2. The van der Waals surface area contributed by atoms with Gasteiger partial charge in [0.05, 0.1) is 13.2 Å². The van der Waals surface area contributed by atoms with E-state index in [1.807, 2.05) is 0 Å². The zero-order valence-electron chi connectivity index (χ0n) is 11.2. The first-order chi connectivity index (χ1) is 9.49. The second-order valence-corrected chi connectivity index (χ2v) is 4.40. The van der Waals surface area contributed by atoms with Crippen LogP contribution in [0.4, 0.5) is 4.79 Å². The van der Waals surface area contributed by atoms with E-state index in [-0.39, 0.29) is 0 Å². The van der Waals surface area contributed by atoms with E-state index in [2.05, 4.69) is 10.2 Å². The second-order valence-electron chi connectivity index (χ2n) is 4.40. The predicted octanol–water partition coefficient (Wildman–Crippen LogP) is -2.10. The fourth-order valence-corrected chi connectivity index (χ4v) is 1.81. The van der Waals surface area contributed by atoms with Crippen LogP contribution in [0.25, 0.3) is 0 Å². The zero-order chi connectivity index (χ0) is 15.0. The molecule has 9 heteroatoms. The largest absolute Gasteiger partial charge is 0.480 e. The monoisotopic (exact) mass is 288 g/mol. The van der Waals surface area contributed by atoms with Crippen molar-refractivity contribution in [2.24, 2.45) is 5.73 Å². The number of amides is 3. The van der Waals surface area contributed by atoms with E-state index in [1.54, 1.807) is 0 Å². The van der Waals surface area contributed by atoms with Crippen LogP contribution in [0, 0.1) is 0 Å². The number of carbonyl (C=O) groups is 3. The van der Waals surface area contributed by atoms with Crippen LogP contribution in [0.1, 0.15) is 0 Å². The molecule has 0 aliphatic carbocycles. The van der Waals surface area contributed by atoms with Gasteiger partial charge in [-0.05, 0) is 0 Å². The number of aliphatic carboxylic acids is 1. The Morgan fingerprint density at radius 1 is 1.25 bits per heavy atom. The van der Waals surface area contributed by atoms with Gasteiger partial charge in [0.25, 0.3) is 0 Å². The number of nitrogens with two attached hydrogens (primary N) is 1. The number of carboxylic acid groups (broad SMARTS) is 1. The Kier molecular flexibility index (Phi) is 6.74. The molecule has 0 spiro atoms. The van der Waals surface area contributed by atoms with Gasteiger partial charge in [-0.1, -0.05) is 0 Å². The molecule has 0 bridgehead atoms. The molecule has 1 aliphatic heterocycles. The van der Waals surface area contributed by atoms with Gasteiger partial charge in [0.15, 0.2) is 0 Å². The molecule has 0 aromatic heterocycles. The predicted molar refractivity (Wildman–Crippen MR) is 69.1 cm³/mol. The summed E-state index contributed by atoms with van der Waals surface area (Å²) >= 11 is 0. The number of urea groups is 1. The number of hydrogen-bond acceptors (Lipinski definition) is 5. The quantitative estimate of drug-likeness (QED) is 0.493. The highest BCUT2D eigenvalue weighted by molar-refractivity contribution is 5.85. The van der Waals surface area contributed by atoms with Crippen molar-refractivity contribution in [3.63, 3.8) is 0 Å². The standard InChI is InChI=1S/C11H20N4O5/c12-9(16)7-15(8-10(17)18)11(19)13-1-2-14-3-5-20-6-4-14/h1-8H2,(H2,12,16)(H,13,19)(H,17,18). The van der Waals surface area contributed by atoms with Crippen LogP contribution in [0.5, 0.6) is 0 Å². The molecule has 0 atom stereocenters. The second kappa shape index (κ2) is 8.33. The van der Waals surface area contributed by atoms with Crippen LogP contribution in [0.2, 0.25) is 0 Å². The van der Waals surface area contributed by atoms with E-state index in [0.717, 1.165) is 18.0 Å². The fraction of sp³-hybridized carbons (Fsp3) is 0.727. The summed E-state index contributed by atoms with van der Waals surface area (Å²) in [6.07, 6.45) is 0. The van der Waals surface area contributed by atoms with Gasteiger partial charge < -0.3 is 25.8 Å². The average molecular weight is 288 g/mol. The van der Waals surface area contributed by atoms with E-state index >= 15 is 0 Å². The Morgan fingerprint density at radius 3 is 2.45 bits per heavy atom. The molecule has 1 saturated heterocycles. The topological polar surface area (TPSA) is 125 Å². The number of carbonyl (C=O) groups excluding carboxylic acids is 2. The van der Waals surface area contributed by atoms with E-state index < -0.39 is 31.0 Å². The number of ether oxygens (including phenoxy) is 1. The molecule has 0 radical (unpaired) electrons. The highest BCUT2D eigenvalue weighted by Gasteiger charge is 2.18. The van der Waals surface area contributed by atoms with Gasteiger partial charge in [0, 0.05) is 26.2 Å². The number of carboxylic acids is 1. The Balaban J connectivity index is 2.32. The summed E-state index contributed by atoms with van der Waals surface area (Å²) in [6, 6.07) is -0.612. The van der Waals surface area contributed by atoms with Crippen molar-refractivity contribution in [2.75, 3.05) is 52.5 Å². The van der Waals surface area contributed by atoms with Crippen LogP contribution in [0.3, 0.4) is 0 Å². The van der Waals surface area contributed by atoms with Crippen LogP contribution in [-0.2, 0) is 14.3 Å². The molecule has 1 heterocycles. The lowest BCUT2D eigenvalue weighted by molar-refractivity contribution is -0.137. The van der Waals surface area contributed by atoms with Crippen molar-refractivity contribution in [1.29, 1.82) is 0 Å². The van der Waals surface area contributed by atoms with Crippen LogP contribution < -0.4 is 11.1 Å². The molecule has 1 aliphatic rings. The summed E-state index contributed by atoms with van der Waals surface area (Å²) in [5.41, 5.74) is 4.98. The van der Waals surface area contributed by atoms with Crippen LogP contribution in [0.15, 0.2) is 0 Å². The SMILES string of the molecule is NC(=O)CN(CC(=O)O)C(=O)NCCN1CCOCC1.